The maximum absolute atomic E-state index is 13.0. The lowest BCUT2D eigenvalue weighted by Gasteiger charge is -2.30. The number of anilines is 1. The van der Waals surface area contributed by atoms with Crippen LogP contribution in [-0.4, -0.2) is 56.0 Å². The Morgan fingerprint density at radius 3 is 2.72 bits per heavy atom. The first-order valence-electron chi connectivity index (χ1n) is 9.09. The van der Waals surface area contributed by atoms with Crippen LogP contribution in [0.2, 0.25) is 0 Å². The minimum atomic E-state index is -0.248. The number of nitrogens with zero attached hydrogens (tertiary/aromatic N) is 2. The molecule has 2 aliphatic rings. The minimum absolute atomic E-state index is 0.0181. The fourth-order valence-corrected chi connectivity index (χ4v) is 3.74. The number of carbonyl (C=O) groups is 2. The molecule has 2 amide bonds. The van der Waals surface area contributed by atoms with Crippen molar-refractivity contribution >= 4 is 17.5 Å². The van der Waals surface area contributed by atoms with Gasteiger partial charge in [-0.15, -0.1) is 0 Å². The summed E-state index contributed by atoms with van der Waals surface area (Å²) in [6, 6.07) is 7.68. The fourth-order valence-electron chi connectivity index (χ4n) is 3.74. The van der Waals surface area contributed by atoms with Crippen LogP contribution in [0.3, 0.4) is 0 Å². The number of methoxy groups -OCH3 is 1. The summed E-state index contributed by atoms with van der Waals surface area (Å²) in [5.41, 5.74) is 0.825. The van der Waals surface area contributed by atoms with Crippen molar-refractivity contribution in [1.29, 1.82) is 0 Å². The second-order valence-electron chi connectivity index (χ2n) is 6.78. The van der Waals surface area contributed by atoms with Gasteiger partial charge in [0, 0.05) is 37.8 Å². The Labute approximate surface area is 149 Å². The van der Waals surface area contributed by atoms with E-state index in [0.717, 1.165) is 43.9 Å². The quantitative estimate of drug-likeness (QED) is 0.852. The molecule has 0 aliphatic carbocycles. The third-order valence-corrected chi connectivity index (χ3v) is 5.08. The molecule has 6 heteroatoms. The van der Waals surface area contributed by atoms with Crippen LogP contribution in [0, 0.1) is 5.92 Å². The van der Waals surface area contributed by atoms with Gasteiger partial charge in [0.15, 0.2) is 0 Å². The summed E-state index contributed by atoms with van der Waals surface area (Å²) in [6.45, 7) is 5.13. The van der Waals surface area contributed by atoms with Gasteiger partial charge in [-0.1, -0.05) is 6.92 Å². The van der Waals surface area contributed by atoms with Crippen molar-refractivity contribution in [2.24, 2.45) is 5.92 Å². The molecule has 2 aliphatic heterocycles. The van der Waals surface area contributed by atoms with Gasteiger partial charge in [0.05, 0.1) is 13.0 Å². The maximum Gasteiger partial charge on any atom is 0.228 e. The first-order valence-corrected chi connectivity index (χ1v) is 9.09. The number of nitrogens with one attached hydrogen (secondary N) is 1. The molecule has 2 atom stereocenters. The summed E-state index contributed by atoms with van der Waals surface area (Å²) >= 11 is 0. The van der Waals surface area contributed by atoms with E-state index in [2.05, 4.69) is 12.2 Å². The zero-order chi connectivity index (χ0) is 17.8. The average Bonchev–Trinajstić information content (AvgIpc) is 3.29. The number of hydrogen-bond acceptors (Lipinski definition) is 4. The molecular weight excluding hydrogens is 318 g/mol. The van der Waals surface area contributed by atoms with Crippen LogP contribution in [0.4, 0.5) is 5.69 Å². The standard InChI is InChI=1S/C19H27N3O3/c1-3-10-21(16-8-9-20-12-16)19(24)14-11-18(23)22(13-14)15-4-6-17(25-2)7-5-15/h4-7,14,16,20H,3,8-13H2,1-2H3. The summed E-state index contributed by atoms with van der Waals surface area (Å²) in [6.07, 6.45) is 2.23. The lowest BCUT2D eigenvalue weighted by molar-refractivity contribution is -0.137. The zero-order valence-electron chi connectivity index (χ0n) is 15.0. The molecule has 2 heterocycles. The highest BCUT2D eigenvalue weighted by Gasteiger charge is 2.39. The number of rotatable bonds is 6. The molecule has 0 bridgehead atoms. The molecule has 2 saturated heterocycles. The summed E-state index contributed by atoms with van der Waals surface area (Å²) in [5, 5.41) is 3.33. The van der Waals surface area contributed by atoms with Gasteiger partial charge >= 0.3 is 0 Å². The van der Waals surface area contributed by atoms with Gasteiger partial charge < -0.3 is 19.9 Å². The average molecular weight is 345 g/mol. The fraction of sp³-hybridized carbons (Fsp3) is 0.579. The highest BCUT2D eigenvalue weighted by molar-refractivity contribution is 6.00. The largest absolute Gasteiger partial charge is 0.497 e. The third-order valence-electron chi connectivity index (χ3n) is 5.08. The van der Waals surface area contributed by atoms with Crippen LogP contribution in [0.15, 0.2) is 24.3 Å². The van der Waals surface area contributed by atoms with E-state index in [1.807, 2.05) is 29.2 Å². The van der Waals surface area contributed by atoms with Gasteiger partial charge in [-0.2, -0.15) is 0 Å². The van der Waals surface area contributed by atoms with E-state index in [-0.39, 0.29) is 23.8 Å². The topological polar surface area (TPSA) is 61.9 Å². The van der Waals surface area contributed by atoms with Crippen LogP contribution < -0.4 is 15.0 Å². The Hall–Kier alpha value is -2.08. The van der Waals surface area contributed by atoms with Gasteiger partial charge in [-0.25, -0.2) is 0 Å². The molecule has 1 aromatic rings. The number of ether oxygens (including phenoxy) is 1. The van der Waals surface area contributed by atoms with E-state index >= 15 is 0 Å². The number of amides is 2. The molecule has 1 aromatic carbocycles. The molecule has 6 nitrogen and oxygen atoms in total. The molecule has 2 fully saturated rings. The van der Waals surface area contributed by atoms with Crippen molar-refractivity contribution in [2.75, 3.05) is 38.2 Å². The predicted molar refractivity (Wildman–Crippen MR) is 96.7 cm³/mol. The van der Waals surface area contributed by atoms with E-state index in [1.165, 1.54) is 0 Å². The Bertz CT molecular complexity index is 611. The van der Waals surface area contributed by atoms with Crippen molar-refractivity contribution in [3.8, 4) is 5.75 Å². The molecule has 3 rings (SSSR count). The molecule has 2 unspecified atom stereocenters. The highest BCUT2D eigenvalue weighted by atomic mass is 16.5. The molecular formula is C19H27N3O3. The Morgan fingerprint density at radius 1 is 1.36 bits per heavy atom. The SMILES string of the molecule is CCCN(C(=O)C1CC(=O)N(c2ccc(OC)cc2)C1)C1CCNC1. The maximum atomic E-state index is 13.0. The van der Waals surface area contributed by atoms with E-state index in [9.17, 15) is 9.59 Å². The van der Waals surface area contributed by atoms with Crippen molar-refractivity contribution in [3.63, 3.8) is 0 Å². The predicted octanol–water partition coefficient (Wildman–Crippen LogP) is 1.65. The van der Waals surface area contributed by atoms with Gasteiger partial charge in [0.25, 0.3) is 0 Å². The number of benzene rings is 1. The number of hydrogen-bond donors (Lipinski definition) is 1. The third kappa shape index (κ3) is 3.79. The highest BCUT2D eigenvalue weighted by Crippen LogP contribution is 2.28. The molecule has 0 saturated carbocycles. The van der Waals surface area contributed by atoms with Crippen LogP contribution in [0.5, 0.6) is 5.75 Å². The molecule has 136 valence electrons. The van der Waals surface area contributed by atoms with Crippen molar-refractivity contribution in [2.45, 2.75) is 32.2 Å². The Kier molecular flexibility index (Phi) is 5.58. The van der Waals surface area contributed by atoms with E-state index in [1.54, 1.807) is 12.0 Å². The van der Waals surface area contributed by atoms with Gasteiger partial charge in [0.1, 0.15) is 5.75 Å². The van der Waals surface area contributed by atoms with Gasteiger partial charge in [-0.3, -0.25) is 9.59 Å². The van der Waals surface area contributed by atoms with E-state index in [0.29, 0.717) is 13.0 Å². The van der Waals surface area contributed by atoms with Crippen LogP contribution in [-0.2, 0) is 9.59 Å². The van der Waals surface area contributed by atoms with Crippen molar-refractivity contribution in [1.82, 2.24) is 10.2 Å². The lowest BCUT2D eigenvalue weighted by Crippen LogP contribution is -2.45. The van der Waals surface area contributed by atoms with Crippen molar-refractivity contribution in [3.05, 3.63) is 24.3 Å². The lowest BCUT2D eigenvalue weighted by atomic mass is 10.0. The molecule has 0 aromatic heterocycles. The molecule has 25 heavy (non-hydrogen) atoms. The van der Waals surface area contributed by atoms with Crippen LogP contribution in [0.25, 0.3) is 0 Å². The van der Waals surface area contributed by atoms with E-state index in [4.69, 9.17) is 4.74 Å². The summed E-state index contributed by atoms with van der Waals surface area (Å²) in [5.74, 6) is 0.650. The monoisotopic (exact) mass is 345 g/mol. The normalized spacial score (nSPS) is 23.1. The smallest absolute Gasteiger partial charge is 0.228 e. The second-order valence-corrected chi connectivity index (χ2v) is 6.78. The molecule has 1 N–H and O–H groups in total. The van der Waals surface area contributed by atoms with Gasteiger partial charge in [0.2, 0.25) is 11.8 Å². The molecule has 0 radical (unpaired) electrons. The van der Waals surface area contributed by atoms with Crippen LogP contribution in [0.1, 0.15) is 26.2 Å². The first-order chi connectivity index (χ1) is 12.1. The summed E-state index contributed by atoms with van der Waals surface area (Å²) < 4.78 is 5.16. The van der Waals surface area contributed by atoms with Crippen LogP contribution >= 0.6 is 0 Å². The Balaban J connectivity index is 1.70. The minimum Gasteiger partial charge on any atom is -0.497 e. The summed E-state index contributed by atoms with van der Waals surface area (Å²) in [7, 11) is 1.62. The number of carbonyl (C=O) groups excluding carboxylic acids is 2. The van der Waals surface area contributed by atoms with Crippen molar-refractivity contribution < 1.29 is 14.3 Å². The van der Waals surface area contributed by atoms with Gasteiger partial charge in [-0.05, 0) is 43.7 Å². The van der Waals surface area contributed by atoms with E-state index < -0.39 is 0 Å². The second kappa shape index (κ2) is 7.87. The summed E-state index contributed by atoms with van der Waals surface area (Å²) in [4.78, 5) is 29.2. The first kappa shape index (κ1) is 17.7. The zero-order valence-corrected chi connectivity index (χ0v) is 15.0. The molecule has 0 spiro atoms. The Morgan fingerprint density at radius 2 is 2.12 bits per heavy atom.